The second-order valence-electron chi connectivity index (χ2n) is 9.80. The van der Waals surface area contributed by atoms with Crippen molar-refractivity contribution in [3.8, 4) is 0 Å². The highest BCUT2D eigenvalue weighted by atomic mass is 16.7. The molecule has 0 amide bonds. The largest absolute Gasteiger partial charge is 0.514 e. The average molecular weight is 519 g/mol. The van der Waals surface area contributed by atoms with E-state index in [9.17, 15) is 9.59 Å². The quantitative estimate of drug-likeness (QED) is 0.267. The van der Waals surface area contributed by atoms with Crippen molar-refractivity contribution >= 4 is 18.1 Å². The molecule has 0 saturated heterocycles. The Morgan fingerprint density at radius 2 is 1.05 bits per heavy atom. The van der Waals surface area contributed by atoms with Crippen molar-refractivity contribution < 1.29 is 33.3 Å². The van der Waals surface area contributed by atoms with Gasteiger partial charge in [-0.3, -0.25) is 4.79 Å². The Bertz CT molecular complexity index is 1060. The van der Waals surface area contributed by atoms with Gasteiger partial charge in [0.25, 0.3) is 0 Å². The van der Waals surface area contributed by atoms with Crippen molar-refractivity contribution in [1.29, 1.82) is 0 Å². The molecule has 2 saturated carbocycles. The fourth-order valence-corrected chi connectivity index (χ4v) is 6.25. The minimum Gasteiger partial charge on any atom is -0.419 e. The summed E-state index contributed by atoms with van der Waals surface area (Å²) in [6, 6.07) is 19.1. The van der Waals surface area contributed by atoms with Crippen LogP contribution in [0.5, 0.6) is 0 Å². The van der Waals surface area contributed by atoms with E-state index in [0.717, 1.165) is 36.5 Å². The molecular weight excluding hydrogens is 484 g/mol. The molecule has 0 radical (unpaired) electrons. The van der Waals surface area contributed by atoms with Crippen molar-refractivity contribution in [3.05, 3.63) is 97.5 Å². The topological polar surface area (TPSA) is 88.1 Å². The first-order valence-corrected chi connectivity index (χ1v) is 13.1. The summed E-state index contributed by atoms with van der Waals surface area (Å²) in [5.74, 6) is -1.37. The fourth-order valence-electron chi connectivity index (χ4n) is 6.25. The molecule has 7 nitrogen and oxygen atoms in total. The second kappa shape index (κ2) is 12.1. The lowest BCUT2D eigenvalue weighted by molar-refractivity contribution is -0.173. The van der Waals surface area contributed by atoms with Crippen LogP contribution in [0.4, 0.5) is 9.59 Å². The van der Waals surface area contributed by atoms with Crippen LogP contribution in [-0.2, 0) is 23.7 Å². The number of ketones is 1. The van der Waals surface area contributed by atoms with Crippen LogP contribution in [0.3, 0.4) is 0 Å². The molecule has 4 unspecified atom stereocenters. The van der Waals surface area contributed by atoms with Gasteiger partial charge in [-0.1, -0.05) is 86.7 Å². The van der Waals surface area contributed by atoms with Gasteiger partial charge in [-0.2, -0.15) is 0 Å². The number of hydrogen-bond donors (Lipinski definition) is 0. The summed E-state index contributed by atoms with van der Waals surface area (Å²) < 4.78 is 22.0. The van der Waals surface area contributed by atoms with E-state index in [1.54, 1.807) is 0 Å². The number of benzene rings is 2. The molecule has 2 aromatic carbocycles. The summed E-state index contributed by atoms with van der Waals surface area (Å²) in [4.78, 5) is 40.8. The van der Waals surface area contributed by atoms with Gasteiger partial charge in [0, 0.05) is 11.8 Å². The molecule has 0 N–H and O–H groups in total. The summed E-state index contributed by atoms with van der Waals surface area (Å²) in [6.45, 7) is 6.90. The Labute approximate surface area is 223 Å². The molecule has 0 aliphatic heterocycles. The molecule has 4 atom stereocenters. The highest BCUT2D eigenvalue weighted by Gasteiger charge is 2.63. The van der Waals surface area contributed by atoms with E-state index in [1.807, 2.05) is 60.7 Å². The fraction of sp³-hybridized carbons (Fsp3) is 0.387. The lowest BCUT2D eigenvalue weighted by atomic mass is 9.60. The molecule has 200 valence electrons. The molecule has 7 heteroatoms. The van der Waals surface area contributed by atoms with Gasteiger partial charge in [0.05, 0.1) is 12.5 Å². The van der Waals surface area contributed by atoms with E-state index >= 15 is 4.79 Å². The molecule has 2 fully saturated rings. The minimum atomic E-state index is -1.63. The van der Waals surface area contributed by atoms with E-state index in [1.165, 1.54) is 0 Å². The Balaban J connectivity index is 1.90. The molecule has 0 aromatic heterocycles. The highest BCUT2D eigenvalue weighted by Crippen LogP contribution is 2.52. The second-order valence-corrected chi connectivity index (χ2v) is 9.80. The zero-order valence-corrected chi connectivity index (χ0v) is 21.5. The first-order valence-electron chi connectivity index (χ1n) is 13.1. The van der Waals surface area contributed by atoms with Crippen molar-refractivity contribution in [2.24, 2.45) is 0 Å². The van der Waals surface area contributed by atoms with Crippen molar-refractivity contribution in [1.82, 2.24) is 0 Å². The normalized spacial score (nSPS) is 26.8. The van der Waals surface area contributed by atoms with Gasteiger partial charge >= 0.3 is 12.3 Å². The number of hydrogen-bond acceptors (Lipinski definition) is 7. The Kier molecular flexibility index (Phi) is 8.66. The van der Waals surface area contributed by atoms with Crippen LogP contribution in [0.15, 0.2) is 86.3 Å². The molecule has 38 heavy (non-hydrogen) atoms. The maximum atomic E-state index is 15.1. The summed E-state index contributed by atoms with van der Waals surface area (Å²) in [6.07, 6.45) is 4.66. The molecule has 4 rings (SSSR count). The summed E-state index contributed by atoms with van der Waals surface area (Å²) in [5.41, 5.74) is -1.53. The van der Waals surface area contributed by atoms with Crippen LogP contribution in [0.2, 0.25) is 0 Å². The summed E-state index contributed by atoms with van der Waals surface area (Å²) in [7, 11) is 0. The van der Waals surface area contributed by atoms with Gasteiger partial charge in [-0.05, 0) is 49.7 Å². The third-order valence-corrected chi connectivity index (χ3v) is 7.77. The zero-order valence-electron chi connectivity index (χ0n) is 21.5. The van der Waals surface area contributed by atoms with Gasteiger partial charge < -0.3 is 18.9 Å². The number of carbonyl (C=O) groups excluding carboxylic acids is 3. The standard InChI is InChI=1S/C31H34O7/c1-3-35-28(33)37-30(21-13-11-19-25(30)23-15-7-5-8-16-23)27(32)31(38-29(34)36-4-2)22-14-12-20-26(31)24-17-9-6-10-18-24/h3-10,15-18,25-26H,1-2,11-14,19-22H2. The number of ether oxygens (including phenoxy) is 4. The van der Waals surface area contributed by atoms with Gasteiger partial charge in [-0.15, -0.1) is 0 Å². The predicted molar refractivity (Wildman–Crippen MR) is 141 cm³/mol. The molecule has 2 aliphatic rings. The van der Waals surface area contributed by atoms with Crippen molar-refractivity contribution in [2.45, 2.75) is 74.4 Å². The monoisotopic (exact) mass is 518 g/mol. The van der Waals surface area contributed by atoms with Crippen molar-refractivity contribution in [2.75, 3.05) is 0 Å². The lowest BCUT2D eigenvalue weighted by Gasteiger charge is -2.49. The van der Waals surface area contributed by atoms with Crippen LogP contribution in [-0.4, -0.2) is 29.3 Å². The molecule has 0 heterocycles. The molecular formula is C31H34O7. The van der Waals surface area contributed by atoms with E-state index in [-0.39, 0.29) is 12.8 Å². The van der Waals surface area contributed by atoms with Crippen LogP contribution in [0.25, 0.3) is 0 Å². The minimum absolute atomic E-state index is 0.265. The van der Waals surface area contributed by atoms with Crippen LogP contribution < -0.4 is 0 Å². The Morgan fingerprint density at radius 3 is 1.42 bits per heavy atom. The maximum absolute atomic E-state index is 15.1. The average Bonchev–Trinajstić information content (AvgIpc) is 2.94. The summed E-state index contributed by atoms with van der Waals surface area (Å²) in [5, 5.41) is 0. The van der Waals surface area contributed by atoms with E-state index in [2.05, 4.69) is 13.2 Å². The molecule has 0 spiro atoms. The summed E-state index contributed by atoms with van der Waals surface area (Å²) >= 11 is 0. The first-order chi connectivity index (χ1) is 18.5. The maximum Gasteiger partial charge on any atom is 0.514 e. The van der Waals surface area contributed by atoms with Crippen molar-refractivity contribution in [3.63, 3.8) is 0 Å². The lowest BCUT2D eigenvalue weighted by Crippen LogP contribution is -2.63. The zero-order chi connectivity index (χ0) is 27.0. The van der Waals surface area contributed by atoms with Gasteiger partial charge in [0.15, 0.2) is 11.2 Å². The Morgan fingerprint density at radius 1 is 0.658 bits per heavy atom. The SMILES string of the molecule is C=COC(=O)OC1(C(=O)C2(OC(=O)OC=C)CCCCC2c2ccccc2)CCCCC1c1ccccc1. The van der Waals surface area contributed by atoms with E-state index in [4.69, 9.17) is 18.9 Å². The molecule has 0 bridgehead atoms. The van der Waals surface area contributed by atoms with E-state index in [0.29, 0.717) is 25.7 Å². The van der Waals surface area contributed by atoms with Crippen LogP contribution >= 0.6 is 0 Å². The molecule has 2 aliphatic carbocycles. The third kappa shape index (κ3) is 5.37. The number of Topliss-reactive ketones (excluding diaryl/α,β-unsaturated/α-hetero) is 1. The van der Waals surface area contributed by atoms with Gasteiger partial charge in [-0.25, -0.2) is 9.59 Å². The Hall–Kier alpha value is -3.87. The number of carbonyl (C=O) groups is 3. The van der Waals surface area contributed by atoms with Crippen LogP contribution in [0.1, 0.15) is 74.3 Å². The third-order valence-electron chi connectivity index (χ3n) is 7.77. The molecule has 2 aromatic rings. The van der Waals surface area contributed by atoms with E-state index < -0.39 is 41.1 Å². The predicted octanol–water partition coefficient (Wildman–Crippen LogP) is 7.34. The van der Waals surface area contributed by atoms with Gasteiger partial charge in [0.1, 0.15) is 0 Å². The smallest absolute Gasteiger partial charge is 0.419 e. The first kappa shape index (κ1) is 27.2. The van der Waals surface area contributed by atoms with Gasteiger partial charge in [0.2, 0.25) is 5.78 Å². The number of rotatable bonds is 8. The van der Waals surface area contributed by atoms with Crippen LogP contribution in [0, 0.1) is 0 Å². The highest BCUT2D eigenvalue weighted by molar-refractivity contribution is 5.99.